The van der Waals surface area contributed by atoms with Crippen LogP contribution in [0, 0.1) is 17.0 Å². The maximum Gasteiger partial charge on any atom is 0.271 e. The minimum atomic E-state index is -0.459. The molecule has 2 heterocycles. The minimum absolute atomic E-state index is 0.0262. The van der Waals surface area contributed by atoms with Gasteiger partial charge in [0.15, 0.2) is 5.82 Å². The highest BCUT2D eigenvalue weighted by molar-refractivity contribution is 6.33. The number of anilines is 1. The number of aryl methyl sites for hydroxylation is 1. The van der Waals surface area contributed by atoms with Crippen molar-refractivity contribution in [2.45, 2.75) is 13.5 Å². The molecular weight excluding hydrogens is 330 g/mol. The van der Waals surface area contributed by atoms with Gasteiger partial charge in [-0.15, -0.1) is 0 Å². The molecule has 0 aliphatic rings. The molecule has 0 amide bonds. The molecule has 0 saturated carbocycles. The Labute approximate surface area is 143 Å². The SMILES string of the molecule is Cc1cc([N+](=O)[O-])cc(Cl)c1NCc1cccnc1-n1cccn1. The Hall–Kier alpha value is -2.93. The fraction of sp³-hybridized carbons (Fsp3) is 0.125. The maximum absolute atomic E-state index is 10.9. The molecule has 2 aromatic heterocycles. The Morgan fingerprint density at radius 1 is 1.33 bits per heavy atom. The fourth-order valence-electron chi connectivity index (χ4n) is 2.41. The van der Waals surface area contributed by atoms with Crippen molar-refractivity contribution in [2.75, 3.05) is 5.32 Å². The highest BCUT2D eigenvalue weighted by atomic mass is 35.5. The summed E-state index contributed by atoms with van der Waals surface area (Å²) in [5, 5.41) is 18.6. The van der Waals surface area contributed by atoms with Crippen LogP contribution in [-0.4, -0.2) is 19.7 Å². The lowest BCUT2D eigenvalue weighted by atomic mass is 10.1. The van der Waals surface area contributed by atoms with E-state index < -0.39 is 4.92 Å². The first-order valence-corrected chi connectivity index (χ1v) is 7.56. The van der Waals surface area contributed by atoms with Crippen molar-refractivity contribution in [1.82, 2.24) is 14.8 Å². The van der Waals surface area contributed by atoms with E-state index in [0.29, 0.717) is 28.6 Å². The quantitative estimate of drug-likeness (QED) is 0.563. The van der Waals surface area contributed by atoms with Crippen molar-refractivity contribution >= 4 is 23.0 Å². The van der Waals surface area contributed by atoms with E-state index in [2.05, 4.69) is 15.4 Å². The number of non-ortho nitro benzene ring substituents is 1. The molecule has 1 aromatic carbocycles. The van der Waals surface area contributed by atoms with E-state index in [9.17, 15) is 10.1 Å². The van der Waals surface area contributed by atoms with E-state index in [-0.39, 0.29) is 5.69 Å². The molecule has 24 heavy (non-hydrogen) atoms. The summed E-state index contributed by atoms with van der Waals surface area (Å²) in [6.07, 6.45) is 5.20. The third-order valence-electron chi connectivity index (χ3n) is 3.53. The average molecular weight is 344 g/mol. The molecule has 0 fully saturated rings. The van der Waals surface area contributed by atoms with E-state index in [1.165, 1.54) is 12.1 Å². The summed E-state index contributed by atoms with van der Waals surface area (Å²) in [5.74, 6) is 0.714. The molecule has 0 radical (unpaired) electrons. The Kier molecular flexibility index (Phi) is 4.43. The smallest absolute Gasteiger partial charge is 0.271 e. The molecule has 0 atom stereocenters. The molecule has 122 valence electrons. The maximum atomic E-state index is 10.9. The molecule has 3 aromatic rings. The molecule has 7 nitrogen and oxygen atoms in total. The number of nitrogens with zero attached hydrogens (tertiary/aromatic N) is 4. The molecule has 0 saturated heterocycles. The number of hydrogen-bond donors (Lipinski definition) is 1. The van der Waals surface area contributed by atoms with Crippen LogP contribution in [0.3, 0.4) is 0 Å². The van der Waals surface area contributed by atoms with Gasteiger partial charge in [0, 0.05) is 42.8 Å². The summed E-state index contributed by atoms with van der Waals surface area (Å²) in [6.45, 7) is 2.24. The van der Waals surface area contributed by atoms with Crippen LogP contribution in [0.5, 0.6) is 0 Å². The molecule has 0 spiro atoms. The van der Waals surface area contributed by atoms with Crippen LogP contribution < -0.4 is 5.32 Å². The van der Waals surface area contributed by atoms with Crippen molar-refractivity contribution in [1.29, 1.82) is 0 Å². The summed E-state index contributed by atoms with van der Waals surface area (Å²) in [7, 11) is 0. The predicted molar refractivity (Wildman–Crippen MR) is 91.5 cm³/mol. The first-order chi connectivity index (χ1) is 11.6. The second kappa shape index (κ2) is 6.67. The van der Waals surface area contributed by atoms with Gasteiger partial charge in [0.2, 0.25) is 0 Å². The van der Waals surface area contributed by atoms with Crippen LogP contribution in [0.4, 0.5) is 11.4 Å². The van der Waals surface area contributed by atoms with Crippen LogP contribution in [0.15, 0.2) is 48.9 Å². The zero-order valence-corrected chi connectivity index (χ0v) is 13.6. The molecule has 0 unspecified atom stereocenters. The van der Waals surface area contributed by atoms with Crippen LogP contribution >= 0.6 is 11.6 Å². The molecule has 1 N–H and O–H groups in total. The largest absolute Gasteiger partial charge is 0.379 e. The zero-order chi connectivity index (χ0) is 17.1. The number of rotatable bonds is 5. The molecule has 0 aliphatic heterocycles. The topological polar surface area (TPSA) is 85.9 Å². The molecule has 0 bridgehead atoms. The first kappa shape index (κ1) is 15.9. The summed E-state index contributed by atoms with van der Waals surface area (Å²) >= 11 is 6.18. The molecular formula is C16H14ClN5O2. The Morgan fingerprint density at radius 3 is 2.83 bits per heavy atom. The van der Waals surface area contributed by atoms with E-state index in [4.69, 9.17) is 11.6 Å². The first-order valence-electron chi connectivity index (χ1n) is 7.18. The number of halogens is 1. The Morgan fingerprint density at radius 2 is 2.17 bits per heavy atom. The van der Waals surface area contributed by atoms with Crippen LogP contribution in [-0.2, 0) is 6.54 Å². The number of nitro benzene ring substituents is 1. The van der Waals surface area contributed by atoms with Gasteiger partial charge in [-0.2, -0.15) is 5.10 Å². The number of aromatic nitrogens is 3. The van der Waals surface area contributed by atoms with E-state index in [1.54, 1.807) is 24.0 Å². The second-order valence-corrected chi connectivity index (χ2v) is 5.57. The summed E-state index contributed by atoms with van der Waals surface area (Å²) < 4.78 is 1.68. The van der Waals surface area contributed by atoms with Gasteiger partial charge in [0.05, 0.1) is 15.6 Å². The van der Waals surface area contributed by atoms with E-state index in [1.807, 2.05) is 24.4 Å². The number of nitro groups is 1. The third kappa shape index (κ3) is 3.21. The van der Waals surface area contributed by atoms with Crippen LogP contribution in [0.2, 0.25) is 5.02 Å². The van der Waals surface area contributed by atoms with E-state index in [0.717, 1.165) is 5.56 Å². The fourth-order valence-corrected chi connectivity index (χ4v) is 2.74. The number of hydrogen-bond acceptors (Lipinski definition) is 5. The van der Waals surface area contributed by atoms with Gasteiger partial charge in [-0.25, -0.2) is 9.67 Å². The lowest BCUT2D eigenvalue weighted by molar-refractivity contribution is -0.384. The van der Waals surface area contributed by atoms with Crippen LogP contribution in [0.1, 0.15) is 11.1 Å². The van der Waals surface area contributed by atoms with Crippen molar-refractivity contribution in [2.24, 2.45) is 0 Å². The van der Waals surface area contributed by atoms with Crippen LogP contribution in [0.25, 0.3) is 5.82 Å². The summed E-state index contributed by atoms with van der Waals surface area (Å²) in [6, 6.07) is 8.43. The minimum Gasteiger partial charge on any atom is -0.379 e. The van der Waals surface area contributed by atoms with E-state index >= 15 is 0 Å². The standard InChI is InChI=1S/C16H14ClN5O2/c1-11-8-13(22(23)24)9-14(17)15(11)19-10-12-4-2-5-18-16(12)21-7-3-6-20-21/h2-9,19H,10H2,1H3. The third-order valence-corrected chi connectivity index (χ3v) is 3.83. The summed E-state index contributed by atoms with van der Waals surface area (Å²) in [5.41, 5.74) is 2.27. The van der Waals surface area contributed by atoms with Gasteiger partial charge in [0.25, 0.3) is 5.69 Å². The lowest BCUT2D eigenvalue weighted by Gasteiger charge is -2.13. The Bertz CT molecular complexity index is 857. The monoisotopic (exact) mass is 343 g/mol. The van der Waals surface area contributed by atoms with Crippen molar-refractivity contribution in [3.05, 3.63) is 75.2 Å². The Balaban J connectivity index is 1.86. The van der Waals surface area contributed by atoms with Gasteiger partial charge < -0.3 is 5.32 Å². The summed E-state index contributed by atoms with van der Waals surface area (Å²) in [4.78, 5) is 14.8. The zero-order valence-electron chi connectivity index (χ0n) is 12.8. The second-order valence-electron chi connectivity index (χ2n) is 5.17. The van der Waals surface area contributed by atoms with Gasteiger partial charge >= 0.3 is 0 Å². The van der Waals surface area contributed by atoms with Crippen molar-refractivity contribution < 1.29 is 4.92 Å². The highest BCUT2D eigenvalue weighted by Gasteiger charge is 2.14. The number of benzene rings is 1. The number of nitrogens with one attached hydrogen (secondary N) is 1. The lowest BCUT2D eigenvalue weighted by Crippen LogP contribution is -2.08. The van der Waals surface area contributed by atoms with Gasteiger partial charge in [-0.3, -0.25) is 10.1 Å². The van der Waals surface area contributed by atoms with Crippen molar-refractivity contribution in [3.63, 3.8) is 0 Å². The predicted octanol–water partition coefficient (Wildman–Crippen LogP) is 3.75. The van der Waals surface area contributed by atoms with Gasteiger partial charge in [-0.05, 0) is 24.6 Å². The average Bonchev–Trinajstić information content (AvgIpc) is 3.08. The molecule has 8 heteroatoms. The highest BCUT2D eigenvalue weighted by Crippen LogP contribution is 2.31. The molecule has 3 rings (SSSR count). The van der Waals surface area contributed by atoms with Gasteiger partial charge in [-0.1, -0.05) is 17.7 Å². The van der Waals surface area contributed by atoms with Crippen molar-refractivity contribution in [3.8, 4) is 5.82 Å². The normalized spacial score (nSPS) is 10.6. The van der Waals surface area contributed by atoms with Gasteiger partial charge in [0.1, 0.15) is 0 Å². The molecule has 0 aliphatic carbocycles. The number of pyridine rings is 1.